The van der Waals surface area contributed by atoms with Crippen molar-refractivity contribution in [1.82, 2.24) is 4.90 Å². The number of nitrogen functional groups attached to an aromatic ring is 1. The highest BCUT2D eigenvalue weighted by Crippen LogP contribution is 2.21. The minimum atomic E-state index is -0.504. The minimum Gasteiger partial charge on any atom is -0.399 e. The molecule has 0 atom stereocenters. The molecule has 1 aromatic carbocycles. The van der Waals surface area contributed by atoms with Gasteiger partial charge in [0.15, 0.2) is 0 Å². The number of rotatable bonds is 3. The molecule has 3 nitrogen and oxygen atoms in total. The second-order valence-corrected chi connectivity index (χ2v) is 6.08. The van der Waals surface area contributed by atoms with Crippen LogP contribution in [0.4, 0.5) is 10.1 Å². The van der Waals surface area contributed by atoms with Crippen molar-refractivity contribution in [2.45, 2.75) is 6.54 Å². The van der Waals surface area contributed by atoms with Crippen molar-refractivity contribution in [1.29, 1.82) is 0 Å². The number of hydrogen-bond acceptors (Lipinski definition) is 3. The smallest absolute Gasteiger partial charge is 0.254 e. The molecule has 6 heteroatoms. The number of halogens is 2. The molecule has 0 unspecified atom stereocenters. The van der Waals surface area contributed by atoms with Crippen molar-refractivity contribution in [2.75, 3.05) is 12.8 Å². The first-order valence-corrected chi connectivity index (χ1v) is 7.17. The normalized spacial score (nSPS) is 10.5. The predicted molar refractivity (Wildman–Crippen MR) is 78.6 cm³/mol. The Hall–Kier alpha value is -1.40. The van der Waals surface area contributed by atoms with E-state index in [0.29, 0.717) is 6.54 Å². The standard InChI is InChI=1S/C13H12BrFN2OS/c1-17(6-12-4-9(14)7-19-12)13(18)8-2-10(15)5-11(16)3-8/h2-5,7H,6,16H2,1H3. The van der Waals surface area contributed by atoms with Gasteiger partial charge in [0.1, 0.15) is 5.82 Å². The van der Waals surface area contributed by atoms with Gasteiger partial charge in [-0.1, -0.05) is 0 Å². The zero-order chi connectivity index (χ0) is 14.0. The molecular formula is C13H12BrFN2OS. The first-order valence-electron chi connectivity index (χ1n) is 5.50. The van der Waals surface area contributed by atoms with Crippen LogP contribution in [0.5, 0.6) is 0 Å². The highest BCUT2D eigenvalue weighted by atomic mass is 79.9. The van der Waals surface area contributed by atoms with Gasteiger partial charge >= 0.3 is 0 Å². The van der Waals surface area contributed by atoms with E-state index in [2.05, 4.69) is 15.9 Å². The lowest BCUT2D eigenvalue weighted by molar-refractivity contribution is 0.0786. The fourth-order valence-corrected chi connectivity index (χ4v) is 3.20. The zero-order valence-corrected chi connectivity index (χ0v) is 12.6. The van der Waals surface area contributed by atoms with E-state index < -0.39 is 5.82 Å². The number of anilines is 1. The molecule has 1 aromatic heterocycles. The number of carbonyl (C=O) groups excluding carboxylic acids is 1. The summed E-state index contributed by atoms with van der Waals surface area (Å²) in [6.07, 6.45) is 0. The number of thiophene rings is 1. The van der Waals surface area contributed by atoms with Crippen molar-refractivity contribution < 1.29 is 9.18 Å². The Morgan fingerprint density at radius 1 is 1.42 bits per heavy atom. The average molecular weight is 343 g/mol. The van der Waals surface area contributed by atoms with Gasteiger partial charge in [0, 0.05) is 33.0 Å². The van der Waals surface area contributed by atoms with Gasteiger partial charge in [-0.05, 0) is 40.2 Å². The summed E-state index contributed by atoms with van der Waals surface area (Å²) in [5, 5.41) is 1.95. The van der Waals surface area contributed by atoms with Crippen LogP contribution in [-0.4, -0.2) is 17.9 Å². The van der Waals surface area contributed by atoms with Crippen LogP contribution in [0.15, 0.2) is 34.1 Å². The Balaban J connectivity index is 2.14. The van der Waals surface area contributed by atoms with E-state index >= 15 is 0 Å². The van der Waals surface area contributed by atoms with Crippen LogP contribution in [0.1, 0.15) is 15.2 Å². The van der Waals surface area contributed by atoms with Crippen molar-refractivity contribution in [3.05, 3.63) is 50.4 Å². The van der Waals surface area contributed by atoms with Crippen LogP contribution in [0.3, 0.4) is 0 Å². The Kier molecular flexibility index (Phi) is 4.21. The Morgan fingerprint density at radius 3 is 2.74 bits per heavy atom. The van der Waals surface area contributed by atoms with E-state index in [1.165, 1.54) is 23.1 Å². The van der Waals surface area contributed by atoms with Crippen molar-refractivity contribution in [3.8, 4) is 0 Å². The van der Waals surface area contributed by atoms with E-state index in [0.717, 1.165) is 9.35 Å². The molecule has 100 valence electrons. The summed E-state index contributed by atoms with van der Waals surface area (Å²) in [6, 6.07) is 5.81. The van der Waals surface area contributed by atoms with E-state index in [1.807, 2.05) is 11.4 Å². The third-order valence-electron chi connectivity index (χ3n) is 2.53. The van der Waals surface area contributed by atoms with Gasteiger partial charge in [0.2, 0.25) is 0 Å². The first kappa shape index (κ1) is 14.0. The summed E-state index contributed by atoms with van der Waals surface area (Å²) in [5.74, 6) is -0.758. The molecule has 0 spiro atoms. The largest absolute Gasteiger partial charge is 0.399 e. The fourth-order valence-electron chi connectivity index (χ4n) is 1.70. The number of carbonyl (C=O) groups is 1. The van der Waals surface area contributed by atoms with Crippen LogP contribution in [0, 0.1) is 5.82 Å². The average Bonchev–Trinajstić information content (AvgIpc) is 2.72. The molecule has 2 rings (SSSR count). The van der Waals surface area contributed by atoms with E-state index in [9.17, 15) is 9.18 Å². The quantitative estimate of drug-likeness (QED) is 0.867. The van der Waals surface area contributed by atoms with Gasteiger partial charge in [-0.15, -0.1) is 11.3 Å². The van der Waals surface area contributed by atoms with Crippen molar-refractivity contribution in [2.24, 2.45) is 0 Å². The van der Waals surface area contributed by atoms with E-state index in [1.54, 1.807) is 18.4 Å². The second-order valence-electron chi connectivity index (χ2n) is 4.17. The highest BCUT2D eigenvalue weighted by molar-refractivity contribution is 9.10. The van der Waals surface area contributed by atoms with E-state index in [-0.39, 0.29) is 17.2 Å². The molecule has 0 saturated carbocycles. The van der Waals surface area contributed by atoms with Crippen LogP contribution in [-0.2, 0) is 6.54 Å². The lowest BCUT2D eigenvalue weighted by Crippen LogP contribution is -2.26. The molecule has 1 heterocycles. The molecule has 2 aromatic rings. The van der Waals surface area contributed by atoms with Gasteiger partial charge in [-0.3, -0.25) is 4.79 Å². The monoisotopic (exact) mass is 342 g/mol. The van der Waals surface area contributed by atoms with Crippen LogP contribution < -0.4 is 5.73 Å². The van der Waals surface area contributed by atoms with Gasteiger partial charge in [0.05, 0.1) is 6.54 Å². The Bertz CT molecular complexity index is 594. The SMILES string of the molecule is CN(Cc1cc(Br)cs1)C(=O)c1cc(N)cc(F)c1. The van der Waals surface area contributed by atoms with Gasteiger partial charge < -0.3 is 10.6 Å². The Morgan fingerprint density at radius 2 is 2.16 bits per heavy atom. The lowest BCUT2D eigenvalue weighted by Gasteiger charge is -2.16. The molecule has 0 aliphatic heterocycles. The molecule has 1 amide bonds. The molecule has 2 N–H and O–H groups in total. The maximum Gasteiger partial charge on any atom is 0.254 e. The molecule has 0 bridgehead atoms. The van der Waals surface area contributed by atoms with Crippen molar-refractivity contribution in [3.63, 3.8) is 0 Å². The maximum atomic E-state index is 13.2. The second kappa shape index (κ2) is 5.71. The van der Waals surface area contributed by atoms with Gasteiger partial charge in [-0.25, -0.2) is 4.39 Å². The fraction of sp³-hybridized carbons (Fsp3) is 0.154. The summed E-state index contributed by atoms with van der Waals surface area (Å²) in [7, 11) is 1.68. The molecule has 0 radical (unpaired) electrons. The lowest BCUT2D eigenvalue weighted by atomic mass is 10.1. The van der Waals surface area contributed by atoms with Crippen LogP contribution in [0.2, 0.25) is 0 Å². The Labute approximate surface area is 123 Å². The number of hydrogen-bond donors (Lipinski definition) is 1. The molecule has 0 fully saturated rings. The third-order valence-corrected chi connectivity index (χ3v) is 4.21. The molecule has 0 aliphatic rings. The topological polar surface area (TPSA) is 46.3 Å². The van der Waals surface area contributed by atoms with Crippen LogP contribution >= 0.6 is 27.3 Å². The highest BCUT2D eigenvalue weighted by Gasteiger charge is 2.14. The number of benzene rings is 1. The summed E-state index contributed by atoms with van der Waals surface area (Å²) < 4.78 is 14.2. The first-order chi connectivity index (χ1) is 8.95. The van der Waals surface area contributed by atoms with Crippen molar-refractivity contribution >= 4 is 38.9 Å². The number of amides is 1. The molecular weight excluding hydrogens is 331 g/mol. The molecule has 0 saturated heterocycles. The molecule has 19 heavy (non-hydrogen) atoms. The minimum absolute atomic E-state index is 0.246. The number of nitrogens with two attached hydrogens (primary N) is 1. The van der Waals surface area contributed by atoms with Gasteiger partial charge in [0.25, 0.3) is 5.91 Å². The number of nitrogens with zero attached hydrogens (tertiary/aromatic N) is 1. The van der Waals surface area contributed by atoms with Gasteiger partial charge in [-0.2, -0.15) is 0 Å². The van der Waals surface area contributed by atoms with E-state index in [4.69, 9.17) is 5.73 Å². The van der Waals surface area contributed by atoms with Crippen LogP contribution in [0.25, 0.3) is 0 Å². The predicted octanol–water partition coefficient (Wildman–Crippen LogP) is 3.50. The third kappa shape index (κ3) is 3.54. The zero-order valence-electron chi connectivity index (χ0n) is 10.2. The maximum absolute atomic E-state index is 13.2. The summed E-state index contributed by atoms with van der Waals surface area (Å²) in [5.41, 5.74) is 6.04. The molecule has 0 aliphatic carbocycles. The summed E-state index contributed by atoms with van der Waals surface area (Å²) >= 11 is 4.92. The summed E-state index contributed by atoms with van der Waals surface area (Å²) in [6.45, 7) is 0.478. The summed E-state index contributed by atoms with van der Waals surface area (Å²) in [4.78, 5) is 14.7.